The third-order valence-electron chi connectivity index (χ3n) is 4.56. The predicted octanol–water partition coefficient (Wildman–Crippen LogP) is 3.92. The van der Waals surface area contributed by atoms with Crippen LogP contribution in [0.4, 0.5) is 0 Å². The van der Waals surface area contributed by atoms with E-state index >= 15 is 0 Å². The van der Waals surface area contributed by atoms with E-state index in [9.17, 15) is 9.67 Å². The zero-order valence-electron chi connectivity index (χ0n) is 15.6. The van der Waals surface area contributed by atoms with Crippen LogP contribution in [0.25, 0.3) is 0 Å². The Kier molecular flexibility index (Phi) is 8.01. The van der Waals surface area contributed by atoms with Gasteiger partial charge in [0, 0.05) is 33.4 Å². The number of hydrogen-bond donors (Lipinski definition) is 1. The van der Waals surface area contributed by atoms with Crippen molar-refractivity contribution >= 4 is 7.60 Å². The molecule has 142 valence electrons. The van der Waals surface area contributed by atoms with Gasteiger partial charge in [-0.2, -0.15) is 0 Å². The molecule has 0 heterocycles. The first-order chi connectivity index (χ1) is 12.5. The lowest BCUT2D eigenvalue weighted by Gasteiger charge is -2.33. The second kappa shape index (κ2) is 10.0. The largest absolute Gasteiger partial charge is 0.391 e. The van der Waals surface area contributed by atoms with Crippen molar-refractivity contribution in [1.29, 1.82) is 0 Å². The lowest BCUT2D eigenvalue weighted by molar-refractivity contribution is 0.0587. The summed E-state index contributed by atoms with van der Waals surface area (Å²) in [5.41, 5.74) is 2.31. The summed E-state index contributed by atoms with van der Waals surface area (Å²) in [6.07, 6.45) is -0.880. The molecule has 0 aliphatic heterocycles. The van der Waals surface area contributed by atoms with Gasteiger partial charge in [-0.05, 0) is 18.1 Å². The van der Waals surface area contributed by atoms with Crippen LogP contribution in [-0.4, -0.2) is 42.5 Å². The lowest BCUT2D eigenvalue weighted by Crippen LogP contribution is -2.42. The van der Waals surface area contributed by atoms with Crippen LogP contribution in [0.1, 0.15) is 18.1 Å². The number of rotatable bonds is 10. The quantitative estimate of drug-likeness (QED) is 0.636. The van der Waals surface area contributed by atoms with E-state index in [1.54, 1.807) is 0 Å². The molecule has 0 amide bonds. The lowest BCUT2D eigenvalue weighted by atomic mass is 10.1. The molecule has 0 fully saturated rings. The van der Waals surface area contributed by atoms with E-state index in [0.29, 0.717) is 13.1 Å². The third-order valence-corrected chi connectivity index (χ3v) is 6.49. The maximum absolute atomic E-state index is 12.4. The standard InChI is InChI=1S/C20H28NO4P/c1-17(20(22)16-26(23,24-2)25-3)21(14-18-10-6-4-7-11-18)15-19-12-8-5-9-13-19/h4-13,17,20,22H,14-16H2,1-3H3/t17-,20-/m0/s1. The van der Waals surface area contributed by atoms with Crippen LogP contribution in [0, 0.1) is 0 Å². The zero-order chi connectivity index (χ0) is 19.0. The molecule has 0 saturated heterocycles. The molecule has 2 aromatic carbocycles. The highest BCUT2D eigenvalue weighted by Gasteiger charge is 2.31. The van der Waals surface area contributed by atoms with Gasteiger partial charge in [0.1, 0.15) is 0 Å². The molecule has 2 rings (SSSR count). The van der Waals surface area contributed by atoms with Crippen molar-refractivity contribution < 1.29 is 18.7 Å². The predicted molar refractivity (Wildman–Crippen MR) is 104 cm³/mol. The smallest absolute Gasteiger partial charge is 0.332 e. The van der Waals surface area contributed by atoms with Crippen LogP contribution in [-0.2, 0) is 26.7 Å². The molecule has 0 spiro atoms. The summed E-state index contributed by atoms with van der Waals surface area (Å²) in [6, 6.07) is 20.0. The molecule has 0 aromatic heterocycles. The van der Waals surface area contributed by atoms with E-state index in [1.165, 1.54) is 14.2 Å². The molecule has 0 unspecified atom stereocenters. The van der Waals surface area contributed by atoms with Crippen molar-refractivity contribution in [3.05, 3.63) is 71.8 Å². The van der Waals surface area contributed by atoms with Gasteiger partial charge in [-0.1, -0.05) is 60.7 Å². The van der Waals surface area contributed by atoms with Crippen LogP contribution >= 0.6 is 7.60 Å². The molecule has 1 N–H and O–H groups in total. The number of aliphatic hydroxyl groups excluding tert-OH is 1. The van der Waals surface area contributed by atoms with E-state index in [1.807, 2.05) is 43.3 Å². The highest BCUT2D eigenvalue weighted by atomic mass is 31.2. The van der Waals surface area contributed by atoms with Gasteiger partial charge in [-0.3, -0.25) is 9.46 Å². The van der Waals surface area contributed by atoms with Gasteiger partial charge in [0.25, 0.3) is 0 Å². The topological polar surface area (TPSA) is 59.0 Å². The minimum Gasteiger partial charge on any atom is -0.391 e. The third kappa shape index (κ3) is 6.04. The normalized spacial score (nSPS) is 14.3. The summed E-state index contributed by atoms with van der Waals surface area (Å²) in [5, 5.41) is 10.7. The Morgan fingerprint density at radius 2 is 1.35 bits per heavy atom. The number of hydrogen-bond acceptors (Lipinski definition) is 5. The fourth-order valence-electron chi connectivity index (χ4n) is 2.83. The Morgan fingerprint density at radius 3 is 1.73 bits per heavy atom. The van der Waals surface area contributed by atoms with Crippen molar-refractivity contribution in [1.82, 2.24) is 4.90 Å². The highest BCUT2D eigenvalue weighted by molar-refractivity contribution is 7.53. The molecule has 0 aliphatic rings. The average molecular weight is 377 g/mol. The molecule has 6 heteroatoms. The summed E-state index contributed by atoms with van der Waals surface area (Å²) >= 11 is 0. The maximum atomic E-state index is 12.4. The Bertz CT molecular complexity index is 646. The van der Waals surface area contributed by atoms with E-state index < -0.39 is 13.7 Å². The van der Waals surface area contributed by atoms with Crippen molar-refractivity contribution in [3.8, 4) is 0 Å². The van der Waals surface area contributed by atoms with Gasteiger partial charge in [-0.15, -0.1) is 0 Å². The molecular formula is C20H28NO4P. The zero-order valence-corrected chi connectivity index (χ0v) is 16.5. The van der Waals surface area contributed by atoms with Crippen molar-refractivity contribution in [2.24, 2.45) is 0 Å². The molecule has 2 atom stereocenters. The van der Waals surface area contributed by atoms with Crippen LogP contribution in [0.3, 0.4) is 0 Å². The first kappa shape index (κ1) is 20.8. The van der Waals surface area contributed by atoms with Crippen LogP contribution in [0.5, 0.6) is 0 Å². The minimum atomic E-state index is -3.27. The second-order valence-corrected chi connectivity index (χ2v) is 8.66. The molecule has 0 bridgehead atoms. The van der Waals surface area contributed by atoms with Gasteiger partial charge in [0.15, 0.2) is 0 Å². The average Bonchev–Trinajstić information content (AvgIpc) is 2.68. The Morgan fingerprint density at radius 1 is 0.923 bits per heavy atom. The van der Waals surface area contributed by atoms with E-state index in [2.05, 4.69) is 29.2 Å². The summed E-state index contributed by atoms with van der Waals surface area (Å²) in [7, 11) is -0.591. The van der Waals surface area contributed by atoms with Gasteiger partial charge in [-0.25, -0.2) is 0 Å². The Balaban J connectivity index is 2.17. The number of aliphatic hydroxyl groups is 1. The van der Waals surface area contributed by atoms with Crippen LogP contribution < -0.4 is 0 Å². The molecule has 26 heavy (non-hydrogen) atoms. The molecule has 5 nitrogen and oxygen atoms in total. The van der Waals surface area contributed by atoms with Gasteiger partial charge in [0.2, 0.25) is 0 Å². The van der Waals surface area contributed by atoms with E-state index in [4.69, 9.17) is 9.05 Å². The van der Waals surface area contributed by atoms with Crippen LogP contribution in [0.15, 0.2) is 60.7 Å². The van der Waals surface area contributed by atoms with Crippen molar-refractivity contribution in [2.45, 2.75) is 32.2 Å². The van der Waals surface area contributed by atoms with Crippen molar-refractivity contribution in [3.63, 3.8) is 0 Å². The van der Waals surface area contributed by atoms with Crippen LogP contribution in [0.2, 0.25) is 0 Å². The SMILES string of the molecule is COP(=O)(C[C@H](O)[C@H](C)N(Cc1ccccc1)Cc1ccccc1)OC. The molecular weight excluding hydrogens is 349 g/mol. The van der Waals surface area contributed by atoms with Gasteiger partial charge in [0.05, 0.1) is 12.3 Å². The summed E-state index contributed by atoms with van der Waals surface area (Å²) in [6.45, 7) is 3.29. The second-order valence-electron chi connectivity index (χ2n) is 6.34. The highest BCUT2D eigenvalue weighted by Crippen LogP contribution is 2.47. The summed E-state index contributed by atoms with van der Waals surface area (Å²) in [5.74, 6) is 0. The first-order valence-corrected chi connectivity index (χ1v) is 10.4. The van der Waals surface area contributed by atoms with E-state index in [-0.39, 0.29) is 12.2 Å². The monoisotopic (exact) mass is 377 g/mol. The molecule has 0 aliphatic carbocycles. The first-order valence-electron chi connectivity index (χ1n) is 8.68. The molecule has 2 aromatic rings. The summed E-state index contributed by atoms with van der Waals surface area (Å²) < 4.78 is 22.3. The number of nitrogens with zero attached hydrogens (tertiary/aromatic N) is 1. The Hall–Kier alpha value is -1.49. The fraction of sp³-hybridized carbons (Fsp3) is 0.400. The maximum Gasteiger partial charge on any atom is 0.332 e. The molecule has 0 saturated carbocycles. The molecule has 0 radical (unpaired) electrons. The fourth-order valence-corrected chi connectivity index (χ4v) is 4.04. The van der Waals surface area contributed by atoms with E-state index in [0.717, 1.165) is 11.1 Å². The van der Waals surface area contributed by atoms with Crippen molar-refractivity contribution in [2.75, 3.05) is 20.4 Å². The summed E-state index contributed by atoms with van der Waals surface area (Å²) in [4.78, 5) is 2.17. The number of benzene rings is 2. The minimum absolute atomic E-state index is 0.0404. The Labute approximate surface area is 156 Å². The van der Waals surface area contributed by atoms with Gasteiger partial charge >= 0.3 is 7.60 Å². The van der Waals surface area contributed by atoms with Gasteiger partial charge < -0.3 is 14.2 Å².